The lowest BCUT2D eigenvalue weighted by Gasteiger charge is -2.21. The third-order valence-corrected chi connectivity index (χ3v) is 6.08. The van der Waals surface area contributed by atoms with Crippen molar-refractivity contribution in [1.29, 1.82) is 0 Å². The van der Waals surface area contributed by atoms with Crippen molar-refractivity contribution in [1.82, 2.24) is 10.7 Å². The Bertz CT molecular complexity index is 1320. The lowest BCUT2D eigenvalue weighted by Crippen LogP contribution is -2.33. The van der Waals surface area contributed by atoms with Crippen LogP contribution >= 0.6 is 11.6 Å². The van der Waals surface area contributed by atoms with Gasteiger partial charge < -0.3 is 19.7 Å². The Balaban J connectivity index is 1.88. The molecule has 0 fully saturated rings. The Hall–Kier alpha value is -4.30. The summed E-state index contributed by atoms with van der Waals surface area (Å²) in [7, 11) is 3.05. The highest BCUT2D eigenvalue weighted by Gasteiger charge is 2.17. The third-order valence-electron chi connectivity index (χ3n) is 5.75. The van der Waals surface area contributed by atoms with Crippen LogP contribution in [0.2, 0.25) is 5.02 Å². The zero-order valence-corrected chi connectivity index (χ0v) is 22.6. The molecule has 0 unspecified atom stereocenters. The van der Waals surface area contributed by atoms with E-state index >= 15 is 0 Å². The third kappa shape index (κ3) is 7.14. The Labute approximate surface area is 227 Å². The largest absolute Gasteiger partial charge is 0.493 e. The molecule has 3 aromatic carbocycles. The fourth-order valence-electron chi connectivity index (χ4n) is 3.76. The van der Waals surface area contributed by atoms with E-state index in [2.05, 4.69) is 34.6 Å². The van der Waals surface area contributed by atoms with Crippen LogP contribution in [0.5, 0.6) is 11.5 Å². The Morgan fingerprint density at radius 3 is 2.29 bits per heavy atom. The maximum atomic E-state index is 13.1. The highest BCUT2D eigenvalue weighted by Crippen LogP contribution is 2.29. The van der Waals surface area contributed by atoms with Gasteiger partial charge in [-0.25, -0.2) is 5.43 Å². The predicted octanol–water partition coefficient (Wildman–Crippen LogP) is 5.12. The topological polar surface area (TPSA) is 92.3 Å². The van der Waals surface area contributed by atoms with Gasteiger partial charge in [0.25, 0.3) is 11.8 Å². The fourth-order valence-corrected chi connectivity index (χ4v) is 3.99. The average Bonchev–Trinajstić information content (AvgIpc) is 2.94. The molecule has 2 N–H and O–H groups in total. The number of rotatable bonds is 11. The molecule has 2 amide bonds. The molecule has 8 nitrogen and oxygen atoms in total. The van der Waals surface area contributed by atoms with Gasteiger partial charge in [-0.3, -0.25) is 9.59 Å². The molecule has 3 rings (SSSR count). The van der Waals surface area contributed by atoms with Crippen molar-refractivity contribution in [3.05, 3.63) is 94.1 Å². The van der Waals surface area contributed by atoms with Gasteiger partial charge in [-0.15, -0.1) is 0 Å². The molecule has 0 aliphatic heterocycles. The first-order valence-electron chi connectivity index (χ1n) is 12.1. The van der Waals surface area contributed by atoms with E-state index in [4.69, 9.17) is 21.1 Å². The van der Waals surface area contributed by atoms with E-state index in [0.717, 1.165) is 24.3 Å². The van der Waals surface area contributed by atoms with Crippen LogP contribution in [-0.2, 0) is 4.79 Å². The minimum absolute atomic E-state index is 0.000246. The second kappa shape index (κ2) is 13.9. The van der Waals surface area contributed by atoms with Crippen molar-refractivity contribution < 1.29 is 19.1 Å². The summed E-state index contributed by atoms with van der Waals surface area (Å²) in [4.78, 5) is 28.3. The lowest BCUT2D eigenvalue weighted by molar-refractivity contribution is -0.117. The summed E-state index contributed by atoms with van der Waals surface area (Å²) in [5.74, 6) is -0.126. The van der Waals surface area contributed by atoms with Crippen molar-refractivity contribution in [3.8, 4) is 11.5 Å². The summed E-state index contributed by atoms with van der Waals surface area (Å²) in [6, 6.07) is 19.6. The van der Waals surface area contributed by atoms with Gasteiger partial charge in [0.2, 0.25) is 0 Å². The molecular weight excluding hydrogens is 504 g/mol. The summed E-state index contributed by atoms with van der Waals surface area (Å²) in [6.45, 7) is 5.93. The number of nitrogens with one attached hydrogen (secondary N) is 2. The molecule has 0 bridgehead atoms. The van der Waals surface area contributed by atoms with Crippen molar-refractivity contribution in [3.63, 3.8) is 0 Å². The summed E-state index contributed by atoms with van der Waals surface area (Å²) in [5, 5.41) is 7.00. The van der Waals surface area contributed by atoms with E-state index in [9.17, 15) is 9.59 Å². The number of nitrogens with zero attached hydrogens (tertiary/aromatic N) is 2. The van der Waals surface area contributed by atoms with Crippen LogP contribution in [0.1, 0.15) is 35.3 Å². The first kappa shape index (κ1) is 28.3. The SMILES string of the molecule is CCN(CC)c1ccc(C=C(NC(=O)c2ccccc2Cl)C(=O)NN=Cc2cccc(OC)c2OC)cc1. The van der Waals surface area contributed by atoms with Crippen LogP contribution in [0.3, 0.4) is 0 Å². The molecule has 0 atom stereocenters. The highest BCUT2D eigenvalue weighted by molar-refractivity contribution is 6.34. The molecule has 0 aliphatic carbocycles. The first-order valence-corrected chi connectivity index (χ1v) is 12.5. The number of carbonyl (C=O) groups is 2. The van der Waals surface area contributed by atoms with Gasteiger partial charge in [0.05, 0.1) is 31.0 Å². The second-order valence-corrected chi connectivity index (χ2v) is 8.44. The standard InChI is InChI=1S/C29H31ClN4O4/c1-5-34(6-2)22-16-14-20(15-17-22)18-25(32-28(35)23-11-7-8-12-24(23)30)29(36)33-31-19-21-10-9-13-26(37-3)27(21)38-4/h7-19H,5-6H2,1-4H3,(H,32,35)(H,33,36). The number of hydrazone groups is 1. The molecule has 0 spiro atoms. The van der Waals surface area contributed by atoms with E-state index < -0.39 is 11.8 Å². The van der Waals surface area contributed by atoms with Crippen LogP contribution in [0, 0.1) is 0 Å². The van der Waals surface area contributed by atoms with Crippen molar-refractivity contribution in [2.24, 2.45) is 5.10 Å². The van der Waals surface area contributed by atoms with Gasteiger partial charge in [-0.05, 0) is 61.9 Å². The summed E-state index contributed by atoms with van der Waals surface area (Å²) >= 11 is 6.19. The first-order chi connectivity index (χ1) is 18.4. The van der Waals surface area contributed by atoms with Gasteiger partial charge in [0.1, 0.15) is 5.70 Å². The number of methoxy groups -OCH3 is 2. The number of anilines is 1. The van der Waals surface area contributed by atoms with Gasteiger partial charge in [-0.2, -0.15) is 5.10 Å². The molecule has 9 heteroatoms. The monoisotopic (exact) mass is 534 g/mol. The second-order valence-electron chi connectivity index (χ2n) is 8.04. The molecule has 0 saturated carbocycles. The Morgan fingerprint density at radius 1 is 0.947 bits per heavy atom. The zero-order chi connectivity index (χ0) is 27.5. The van der Waals surface area contributed by atoms with E-state index in [1.165, 1.54) is 20.4 Å². The molecule has 198 valence electrons. The number of ether oxygens (including phenoxy) is 2. The molecular formula is C29H31ClN4O4. The summed E-state index contributed by atoms with van der Waals surface area (Å²) in [5.41, 5.74) is 5.11. The van der Waals surface area contributed by atoms with E-state index in [-0.39, 0.29) is 16.3 Å². The number of halogens is 1. The summed E-state index contributed by atoms with van der Waals surface area (Å²) in [6.07, 6.45) is 3.02. The minimum Gasteiger partial charge on any atom is -0.493 e. The van der Waals surface area contributed by atoms with Gasteiger partial charge in [-0.1, -0.05) is 41.9 Å². The van der Waals surface area contributed by atoms with Crippen LogP contribution in [0.15, 0.2) is 77.5 Å². The molecule has 3 aromatic rings. The molecule has 0 aliphatic rings. The van der Waals surface area contributed by atoms with Gasteiger partial charge >= 0.3 is 0 Å². The molecule has 0 aromatic heterocycles. The number of carbonyl (C=O) groups excluding carboxylic acids is 2. The number of para-hydroxylation sites is 1. The normalized spacial score (nSPS) is 11.2. The Morgan fingerprint density at radius 2 is 1.66 bits per heavy atom. The maximum Gasteiger partial charge on any atom is 0.287 e. The number of benzene rings is 3. The van der Waals surface area contributed by atoms with Crippen molar-refractivity contribution in [2.45, 2.75) is 13.8 Å². The zero-order valence-electron chi connectivity index (χ0n) is 21.8. The van der Waals surface area contributed by atoms with Crippen LogP contribution in [-0.4, -0.2) is 45.3 Å². The number of amides is 2. The fraction of sp³-hybridized carbons (Fsp3) is 0.207. The Kier molecular flexibility index (Phi) is 10.3. The number of hydrogen-bond acceptors (Lipinski definition) is 6. The van der Waals surface area contributed by atoms with Crippen molar-refractivity contribution in [2.75, 3.05) is 32.2 Å². The van der Waals surface area contributed by atoms with Crippen molar-refractivity contribution >= 4 is 41.4 Å². The minimum atomic E-state index is -0.615. The molecule has 0 radical (unpaired) electrons. The van der Waals surface area contributed by atoms with Gasteiger partial charge in [0, 0.05) is 24.3 Å². The van der Waals surface area contributed by atoms with Crippen LogP contribution in [0.25, 0.3) is 6.08 Å². The van der Waals surface area contributed by atoms with Crippen LogP contribution < -0.4 is 25.1 Å². The maximum absolute atomic E-state index is 13.1. The number of hydrogen-bond donors (Lipinski definition) is 2. The lowest BCUT2D eigenvalue weighted by atomic mass is 10.1. The van der Waals surface area contributed by atoms with Gasteiger partial charge in [0.15, 0.2) is 11.5 Å². The molecule has 0 heterocycles. The molecule has 0 saturated heterocycles. The summed E-state index contributed by atoms with van der Waals surface area (Å²) < 4.78 is 10.7. The quantitative estimate of drug-likeness (QED) is 0.202. The van der Waals surface area contributed by atoms with Crippen LogP contribution in [0.4, 0.5) is 5.69 Å². The molecule has 38 heavy (non-hydrogen) atoms. The van der Waals surface area contributed by atoms with E-state index in [0.29, 0.717) is 17.1 Å². The predicted molar refractivity (Wildman–Crippen MR) is 152 cm³/mol. The van der Waals surface area contributed by atoms with E-state index in [1.54, 1.807) is 48.5 Å². The smallest absolute Gasteiger partial charge is 0.287 e. The average molecular weight is 535 g/mol. The highest BCUT2D eigenvalue weighted by atomic mass is 35.5. The van der Waals surface area contributed by atoms with E-state index in [1.807, 2.05) is 24.3 Å².